The molecule has 0 spiro atoms. The lowest BCUT2D eigenvalue weighted by Crippen LogP contribution is -2.67. The number of hydrogen-bond acceptors (Lipinski definition) is 3. The molecule has 1 aromatic rings. The molecule has 4 heteroatoms. The summed E-state index contributed by atoms with van der Waals surface area (Å²) in [7, 11) is 0. The maximum absolute atomic E-state index is 13.0. The molecule has 1 aromatic carbocycles. The van der Waals surface area contributed by atoms with E-state index in [1.807, 2.05) is 18.2 Å². The molecule has 0 heterocycles. The van der Waals surface area contributed by atoms with Crippen molar-refractivity contribution >= 4 is 18.0 Å². The van der Waals surface area contributed by atoms with E-state index in [9.17, 15) is 14.7 Å². The van der Waals surface area contributed by atoms with Gasteiger partial charge in [0.1, 0.15) is 6.10 Å². The number of aliphatic carboxylic acids is 1. The van der Waals surface area contributed by atoms with E-state index >= 15 is 0 Å². The van der Waals surface area contributed by atoms with Gasteiger partial charge >= 0.3 is 11.9 Å². The van der Waals surface area contributed by atoms with E-state index in [1.54, 1.807) is 6.08 Å². The Morgan fingerprint density at radius 2 is 1.57 bits per heavy atom. The van der Waals surface area contributed by atoms with Crippen molar-refractivity contribution in [2.24, 2.45) is 56.7 Å². The van der Waals surface area contributed by atoms with Crippen LogP contribution in [-0.4, -0.2) is 23.1 Å². The molecule has 0 amide bonds. The number of allylic oxidation sites excluding steroid dienone is 1. The molecule has 1 unspecified atom stereocenters. The van der Waals surface area contributed by atoms with Gasteiger partial charge in [-0.05, 0) is 136 Å². The first-order valence-corrected chi connectivity index (χ1v) is 17.4. The largest absolute Gasteiger partial charge is 0.481 e. The molecule has 0 aliphatic heterocycles. The average Bonchev–Trinajstić information content (AvgIpc) is 3.36. The Balaban J connectivity index is 1.24. The van der Waals surface area contributed by atoms with Crippen LogP contribution in [0.4, 0.5) is 0 Å². The van der Waals surface area contributed by atoms with Crippen LogP contribution in [-0.2, 0) is 14.3 Å². The van der Waals surface area contributed by atoms with Crippen LogP contribution < -0.4 is 0 Å². The lowest BCUT2D eigenvalue weighted by molar-refractivity contribution is -0.250. The highest BCUT2D eigenvalue weighted by atomic mass is 16.5. The van der Waals surface area contributed by atoms with Gasteiger partial charge in [-0.25, -0.2) is 4.79 Å². The Bertz CT molecular complexity index is 1360. The second-order valence-electron chi connectivity index (χ2n) is 17.2. The van der Waals surface area contributed by atoms with E-state index in [4.69, 9.17) is 4.74 Å². The van der Waals surface area contributed by atoms with Gasteiger partial charge in [-0.3, -0.25) is 4.79 Å². The Hall–Kier alpha value is -2.36. The SMILES string of the molecule is C=C(C)[C@@H]1CC[C@]2(C(=O)O)CC[C@]3(C)[C@H](CC[C@@H]4[C@@]5(C)CC[C@H](OC(=O)/C=C/c6ccc(C)cc6)C(C)(C)C5CC[C@]43C)[C@@H]12. The summed E-state index contributed by atoms with van der Waals surface area (Å²) in [5.41, 5.74) is 3.19. The predicted molar refractivity (Wildman–Crippen MR) is 177 cm³/mol. The van der Waals surface area contributed by atoms with Crippen molar-refractivity contribution in [1.29, 1.82) is 0 Å². The van der Waals surface area contributed by atoms with Crippen molar-refractivity contribution in [2.75, 3.05) is 0 Å². The molecule has 240 valence electrons. The Labute approximate surface area is 266 Å². The van der Waals surface area contributed by atoms with Crippen LogP contribution in [0.5, 0.6) is 0 Å². The molecule has 0 aromatic heterocycles. The van der Waals surface area contributed by atoms with Gasteiger partial charge in [-0.2, -0.15) is 0 Å². The Morgan fingerprint density at radius 1 is 0.864 bits per heavy atom. The minimum atomic E-state index is -0.573. The van der Waals surface area contributed by atoms with E-state index in [1.165, 1.54) is 24.0 Å². The molecule has 5 aliphatic rings. The molecule has 44 heavy (non-hydrogen) atoms. The van der Waals surface area contributed by atoms with Gasteiger partial charge in [-0.15, -0.1) is 0 Å². The molecule has 5 fully saturated rings. The summed E-state index contributed by atoms with van der Waals surface area (Å²) in [5, 5.41) is 10.6. The Morgan fingerprint density at radius 3 is 2.23 bits per heavy atom. The third-order valence-corrected chi connectivity index (χ3v) is 15.2. The van der Waals surface area contributed by atoms with Gasteiger partial charge in [0, 0.05) is 11.5 Å². The fourth-order valence-corrected chi connectivity index (χ4v) is 12.7. The third kappa shape index (κ3) is 4.43. The summed E-state index contributed by atoms with van der Waals surface area (Å²) in [5.74, 6) is 1.24. The van der Waals surface area contributed by atoms with Crippen molar-refractivity contribution in [3.8, 4) is 0 Å². The van der Waals surface area contributed by atoms with Crippen LogP contribution in [0, 0.1) is 63.6 Å². The van der Waals surface area contributed by atoms with Crippen LogP contribution in [0.2, 0.25) is 0 Å². The highest BCUT2D eigenvalue weighted by Gasteiger charge is 2.72. The second-order valence-corrected chi connectivity index (χ2v) is 17.2. The molecule has 0 radical (unpaired) electrons. The molecular weight excluding hydrogens is 544 g/mol. The number of aryl methyl sites for hydroxylation is 1. The molecule has 5 saturated carbocycles. The summed E-state index contributed by atoms with van der Waals surface area (Å²) in [6.45, 7) is 21.0. The summed E-state index contributed by atoms with van der Waals surface area (Å²) < 4.78 is 6.24. The number of carboxylic acids is 1. The van der Waals surface area contributed by atoms with Crippen molar-refractivity contribution in [1.82, 2.24) is 0 Å². The van der Waals surface area contributed by atoms with Gasteiger partial charge < -0.3 is 9.84 Å². The molecule has 0 bridgehead atoms. The molecule has 4 nitrogen and oxygen atoms in total. The molecule has 5 aliphatic carbocycles. The molecule has 1 N–H and O–H groups in total. The highest BCUT2D eigenvalue weighted by molar-refractivity contribution is 5.87. The Kier molecular flexibility index (Phi) is 7.61. The van der Waals surface area contributed by atoms with E-state index < -0.39 is 11.4 Å². The lowest BCUT2D eigenvalue weighted by atomic mass is 9.32. The molecule has 0 saturated heterocycles. The van der Waals surface area contributed by atoms with E-state index in [2.05, 4.69) is 67.2 Å². The van der Waals surface area contributed by atoms with Crippen molar-refractivity contribution < 1.29 is 19.4 Å². The standard InChI is InChI=1S/C40H56O4/c1-25(2)28-17-22-40(35(42)43)24-23-38(7)29(34(28)40)14-15-31-37(6)20-19-32(36(4,5)30(37)18-21-39(31,38)8)44-33(41)16-13-27-11-9-26(3)10-12-27/h9-13,16,28-32,34H,1,14-15,17-24H2,2-8H3,(H,42,43)/b16-13+/t28-,29+,30?,31+,32-,34+,37-,38+,39+,40-/m0/s1. The third-order valence-electron chi connectivity index (χ3n) is 15.2. The van der Waals surface area contributed by atoms with Crippen molar-refractivity contribution in [3.05, 3.63) is 53.6 Å². The fourth-order valence-electron chi connectivity index (χ4n) is 12.7. The summed E-state index contributed by atoms with van der Waals surface area (Å²) in [6.07, 6.45) is 13.6. The van der Waals surface area contributed by atoms with E-state index in [-0.39, 0.29) is 39.7 Å². The van der Waals surface area contributed by atoms with Gasteiger partial charge in [-0.1, -0.05) is 76.6 Å². The van der Waals surface area contributed by atoms with Gasteiger partial charge in [0.2, 0.25) is 0 Å². The van der Waals surface area contributed by atoms with Crippen molar-refractivity contribution in [2.45, 2.75) is 119 Å². The number of rotatable bonds is 5. The minimum Gasteiger partial charge on any atom is -0.481 e. The first-order chi connectivity index (χ1) is 20.6. The van der Waals surface area contributed by atoms with Gasteiger partial charge in [0.25, 0.3) is 0 Å². The second kappa shape index (κ2) is 10.6. The summed E-state index contributed by atoms with van der Waals surface area (Å²) >= 11 is 0. The average molecular weight is 601 g/mol. The number of ether oxygens (including phenoxy) is 1. The van der Waals surface area contributed by atoms with Crippen LogP contribution >= 0.6 is 0 Å². The number of benzene rings is 1. The monoisotopic (exact) mass is 600 g/mol. The zero-order chi connectivity index (χ0) is 31.9. The first-order valence-electron chi connectivity index (χ1n) is 17.4. The summed E-state index contributed by atoms with van der Waals surface area (Å²) in [4.78, 5) is 26.0. The topological polar surface area (TPSA) is 63.6 Å². The number of carboxylic acid groups (broad SMARTS) is 1. The number of carbonyl (C=O) groups is 2. The van der Waals surface area contributed by atoms with Gasteiger partial charge in [0.05, 0.1) is 5.41 Å². The minimum absolute atomic E-state index is 0.0901. The molecule has 10 atom stereocenters. The van der Waals surface area contributed by atoms with E-state index in [0.717, 1.165) is 56.9 Å². The van der Waals surface area contributed by atoms with Crippen LogP contribution in [0.1, 0.15) is 117 Å². The summed E-state index contributed by atoms with van der Waals surface area (Å²) in [6, 6.07) is 8.18. The molecule has 6 rings (SSSR count). The first kappa shape index (κ1) is 31.6. The number of carbonyl (C=O) groups excluding carboxylic acids is 1. The number of fused-ring (bicyclic) bond motifs is 7. The zero-order valence-corrected chi connectivity index (χ0v) is 28.4. The van der Waals surface area contributed by atoms with Crippen molar-refractivity contribution in [3.63, 3.8) is 0 Å². The quantitative estimate of drug-likeness (QED) is 0.208. The number of esters is 1. The van der Waals surface area contributed by atoms with Crippen LogP contribution in [0.15, 0.2) is 42.5 Å². The van der Waals surface area contributed by atoms with Gasteiger partial charge in [0.15, 0.2) is 0 Å². The predicted octanol–water partition coefficient (Wildman–Crippen LogP) is 9.66. The molecular formula is C40H56O4. The maximum Gasteiger partial charge on any atom is 0.331 e. The zero-order valence-electron chi connectivity index (χ0n) is 28.4. The maximum atomic E-state index is 13.0. The number of hydrogen-bond donors (Lipinski definition) is 1. The van der Waals surface area contributed by atoms with E-state index in [0.29, 0.717) is 23.7 Å². The van der Waals surface area contributed by atoms with Crippen LogP contribution in [0.3, 0.4) is 0 Å². The normalized spacial score (nSPS) is 44.2. The van der Waals surface area contributed by atoms with Crippen LogP contribution in [0.25, 0.3) is 6.08 Å². The smallest absolute Gasteiger partial charge is 0.331 e. The fraction of sp³-hybridized carbons (Fsp3) is 0.700. The lowest BCUT2D eigenvalue weighted by Gasteiger charge is -2.72. The highest BCUT2D eigenvalue weighted by Crippen LogP contribution is 2.77.